The van der Waals surface area contributed by atoms with E-state index in [1.165, 1.54) is 38.9 Å². The Morgan fingerprint density at radius 2 is 0.344 bits per heavy atom. The third kappa shape index (κ3) is 11.2. The maximum atomic E-state index is 5.73. The van der Waals surface area contributed by atoms with Crippen LogP contribution in [0.5, 0.6) is 40.2 Å². The largest absolute Gasteiger partial charge is 0.497 e. The van der Waals surface area contributed by atoms with Gasteiger partial charge in [-0.1, -0.05) is 42.0 Å². The number of rotatable bonds is 20. The molecule has 1 unspecified atom stereocenters. The van der Waals surface area contributed by atoms with E-state index in [1.807, 2.05) is 84.9 Å². The molecule has 0 aromatic heterocycles. The number of nitrogens with zero attached hydrogens (tertiary/aromatic N) is 4. The topological polar surface area (TPSA) is 77.6 Å². The zero-order valence-electron chi connectivity index (χ0n) is 53.2. The van der Waals surface area contributed by atoms with Gasteiger partial charge < -0.3 is 52.8 Å². The molecule has 11 nitrogen and oxygen atoms in total. The number of hydrogen-bond acceptors (Lipinski definition) is 11. The van der Waals surface area contributed by atoms with Gasteiger partial charge in [0.1, 0.15) is 40.2 Å². The Hall–Kier alpha value is -11.6. The summed E-state index contributed by atoms with van der Waals surface area (Å²) in [5.41, 5.74) is 22.5. The van der Waals surface area contributed by atoms with E-state index in [0.29, 0.717) is 0 Å². The average Bonchev–Trinajstić information content (AvgIpc) is 1.56. The fraction of sp³-hybridized carbons (Fsp3) is 0.122. The maximum absolute atomic E-state index is 5.73. The van der Waals surface area contributed by atoms with Crippen LogP contribution in [0.15, 0.2) is 267 Å². The summed E-state index contributed by atoms with van der Waals surface area (Å²) in [6.07, 6.45) is 0. The normalized spacial score (nSPS) is 12.6. The molecule has 460 valence electrons. The van der Waals surface area contributed by atoms with Crippen molar-refractivity contribution in [3.05, 3.63) is 295 Å². The molecule has 2 aliphatic carbocycles. The van der Waals surface area contributed by atoms with Crippen LogP contribution in [0.25, 0.3) is 22.3 Å². The molecule has 93 heavy (non-hydrogen) atoms. The zero-order valence-corrected chi connectivity index (χ0v) is 53.2. The average molecular weight is 1220 g/mol. The zero-order chi connectivity index (χ0) is 63.7. The summed E-state index contributed by atoms with van der Waals surface area (Å²) < 4.78 is 40.1. The van der Waals surface area contributed by atoms with Crippen molar-refractivity contribution in [1.82, 2.24) is 0 Å². The first-order valence-electron chi connectivity index (χ1n) is 31.0. The van der Waals surface area contributed by atoms with Crippen molar-refractivity contribution in [2.75, 3.05) is 69.4 Å². The predicted molar refractivity (Wildman–Crippen MR) is 377 cm³/mol. The molecule has 0 saturated heterocycles. The van der Waals surface area contributed by atoms with Gasteiger partial charge in [0.2, 0.25) is 0 Å². The molecule has 14 rings (SSSR count). The quantitative estimate of drug-likeness (QED) is 0.0732. The molecule has 0 bridgehead atoms. The number of aryl methyl sites for hydroxylation is 1. The molecule has 0 spiro atoms. The molecule has 11 heteroatoms. The molecule has 0 N–H and O–H groups in total. The molecule has 12 aromatic rings. The van der Waals surface area contributed by atoms with E-state index in [9.17, 15) is 0 Å². The highest BCUT2D eigenvalue weighted by Crippen LogP contribution is 2.62. The Morgan fingerprint density at radius 1 is 0.194 bits per heavy atom. The number of hydrogen-bond donors (Lipinski definition) is 0. The van der Waals surface area contributed by atoms with E-state index < -0.39 is 0 Å². The lowest BCUT2D eigenvalue weighted by atomic mass is 9.78. The second-order valence-electron chi connectivity index (χ2n) is 23.1. The number of fused-ring (bicyclic) bond motifs is 6. The molecule has 0 aliphatic heterocycles. The van der Waals surface area contributed by atoms with Crippen molar-refractivity contribution in [3.8, 4) is 62.5 Å². The number of methoxy groups -OCH3 is 7. The third-order valence-electron chi connectivity index (χ3n) is 18.0. The van der Waals surface area contributed by atoms with Crippen LogP contribution in [0.4, 0.5) is 68.2 Å². The molecule has 1 atom stereocenters. The minimum atomic E-state index is -0.258. The Morgan fingerprint density at radius 3 is 0.505 bits per heavy atom. The van der Waals surface area contributed by atoms with Crippen LogP contribution in [-0.4, -0.2) is 49.8 Å². The van der Waals surface area contributed by atoms with Gasteiger partial charge in [-0.05, 0) is 282 Å². The summed E-state index contributed by atoms with van der Waals surface area (Å²) in [4.78, 5) is 9.32. The highest BCUT2D eigenvalue weighted by molar-refractivity contribution is 5.93. The van der Waals surface area contributed by atoms with Crippen molar-refractivity contribution in [2.45, 2.75) is 18.8 Å². The minimum Gasteiger partial charge on any atom is -0.497 e. The summed E-state index contributed by atoms with van der Waals surface area (Å²) in [5, 5.41) is 0. The Balaban J connectivity index is 1.04. The van der Waals surface area contributed by atoms with Crippen LogP contribution < -0.4 is 52.8 Å². The lowest BCUT2D eigenvalue weighted by molar-refractivity contribution is 0.414. The Bertz CT molecular complexity index is 4330. The van der Waals surface area contributed by atoms with Crippen molar-refractivity contribution in [3.63, 3.8) is 0 Å². The van der Waals surface area contributed by atoms with Crippen LogP contribution in [0, 0.1) is 6.92 Å². The molecular weight excluding hydrogens is 1150 g/mol. The second-order valence-corrected chi connectivity index (χ2v) is 23.1. The van der Waals surface area contributed by atoms with E-state index >= 15 is 0 Å². The summed E-state index contributed by atoms with van der Waals surface area (Å²) in [7, 11) is 11.9. The van der Waals surface area contributed by atoms with Gasteiger partial charge in [0.15, 0.2) is 0 Å². The monoisotopic (exact) mass is 1220 g/mol. The van der Waals surface area contributed by atoms with Crippen LogP contribution in [0.1, 0.15) is 39.7 Å². The lowest BCUT2D eigenvalue weighted by Crippen LogP contribution is -2.15. The number of benzene rings is 12. The second kappa shape index (κ2) is 25.4. The van der Waals surface area contributed by atoms with Crippen LogP contribution in [-0.2, 0) is 0 Å². The Kier molecular flexibility index (Phi) is 16.1. The van der Waals surface area contributed by atoms with Gasteiger partial charge in [0.05, 0.1) is 49.8 Å². The van der Waals surface area contributed by atoms with Gasteiger partial charge in [-0.15, -0.1) is 0 Å². The fourth-order valence-corrected chi connectivity index (χ4v) is 13.4. The Labute approximate surface area is 544 Å². The molecule has 0 heterocycles. The molecule has 0 fully saturated rings. The SMILES string of the molecule is COc1ccc(N(c2ccc(C)cc2)c2ccc3c(c2)C(C2c4cc(N(c5ccc(OC)cc5)c5ccc(OC)cc5)ccc4-c4ccc(N(c5ccc(OC)cc5)c5ccc(OC)cc5)cc42)c2cc(N(c4ccc(OC)cc4)c4ccc(OC)cc4)ccc2-3)cc1. The molecule has 0 saturated carbocycles. The van der Waals surface area contributed by atoms with Crippen molar-refractivity contribution in [2.24, 2.45) is 0 Å². The summed E-state index contributed by atoms with van der Waals surface area (Å²) in [5.74, 6) is 4.91. The summed E-state index contributed by atoms with van der Waals surface area (Å²) >= 11 is 0. The fourth-order valence-electron chi connectivity index (χ4n) is 13.4. The van der Waals surface area contributed by atoms with E-state index in [4.69, 9.17) is 33.2 Å². The first-order valence-corrected chi connectivity index (χ1v) is 31.0. The molecule has 12 aromatic carbocycles. The van der Waals surface area contributed by atoms with Crippen molar-refractivity contribution < 1.29 is 33.2 Å². The molecule has 2 aliphatic rings. The summed E-state index contributed by atoms with van der Waals surface area (Å²) in [6.45, 7) is 2.13. The van der Waals surface area contributed by atoms with E-state index in [2.05, 4.69) is 209 Å². The van der Waals surface area contributed by atoms with Crippen LogP contribution in [0.3, 0.4) is 0 Å². The number of ether oxygens (including phenoxy) is 7. The standard InChI is InChI=1S/C82H70N4O7/c1-53-9-11-54(12-10-53)83(55-13-31-66(87-2)32-14-55)62-27-45-73-74-46-28-63(84(56-15-33-67(88-3)34-16-56)57-17-35-68(89-4)36-18-57)50-78(74)81(77(73)49-62)82-79-51-64(85(58-19-37-69(90-5)38-20-58)59-21-39-70(91-6)40-22-59)29-47-75(79)76-48-30-65(52-80(76)82)86(60-23-41-71(92-7)42-24-60)61-25-43-72(93-8)44-26-61/h9-52,81-82H,1-8H3. The maximum Gasteiger partial charge on any atom is 0.119 e. The minimum absolute atomic E-state index is 0.254. The van der Waals surface area contributed by atoms with Gasteiger partial charge >= 0.3 is 0 Å². The van der Waals surface area contributed by atoms with Crippen molar-refractivity contribution >= 4 is 68.2 Å². The third-order valence-corrected chi connectivity index (χ3v) is 18.0. The van der Waals surface area contributed by atoms with Gasteiger partial charge in [-0.3, -0.25) is 0 Å². The van der Waals surface area contributed by atoms with E-state index in [0.717, 1.165) is 120 Å². The molecule has 0 amide bonds. The van der Waals surface area contributed by atoms with E-state index in [-0.39, 0.29) is 11.8 Å². The van der Waals surface area contributed by atoms with E-state index in [1.54, 1.807) is 49.8 Å². The first kappa shape index (κ1) is 59.1. The molecule has 0 radical (unpaired) electrons. The van der Waals surface area contributed by atoms with Gasteiger partial charge in [0.25, 0.3) is 0 Å². The number of anilines is 12. The highest BCUT2D eigenvalue weighted by atomic mass is 16.5. The van der Waals surface area contributed by atoms with Crippen molar-refractivity contribution in [1.29, 1.82) is 0 Å². The van der Waals surface area contributed by atoms with Gasteiger partial charge in [-0.2, -0.15) is 0 Å². The smallest absolute Gasteiger partial charge is 0.119 e. The predicted octanol–water partition coefficient (Wildman–Crippen LogP) is 20.9. The van der Waals surface area contributed by atoms with Crippen LogP contribution >= 0.6 is 0 Å². The molecular formula is C82H70N4O7. The van der Waals surface area contributed by atoms with Gasteiger partial charge in [-0.25, -0.2) is 0 Å². The van der Waals surface area contributed by atoms with Crippen LogP contribution in [0.2, 0.25) is 0 Å². The first-order chi connectivity index (χ1) is 45.6. The summed E-state index contributed by atoms with van der Waals surface area (Å²) in [6, 6.07) is 94.9. The lowest BCUT2D eigenvalue weighted by Gasteiger charge is -2.31. The van der Waals surface area contributed by atoms with Gasteiger partial charge in [0, 0.05) is 80.1 Å². The highest BCUT2D eigenvalue weighted by Gasteiger charge is 2.43.